The van der Waals surface area contributed by atoms with Gasteiger partial charge in [0, 0.05) is 65.4 Å². The SMILES string of the molecule is CC(=O)N1CCC(Cc2cc(C(=O)NC[C@H](O)CN3CCc4ncn(C)c4C3)ncn2)CC1. The molecule has 0 bridgehead atoms. The Bertz CT molecular complexity index is 984. The van der Waals surface area contributed by atoms with Crippen LogP contribution in [0.5, 0.6) is 0 Å². The maximum absolute atomic E-state index is 12.6. The fraction of sp³-hybridized carbons (Fsp3) is 0.609. The van der Waals surface area contributed by atoms with Gasteiger partial charge in [0.05, 0.1) is 23.8 Å². The number of carbonyl (C=O) groups excluding carboxylic acids is 2. The van der Waals surface area contributed by atoms with Gasteiger partial charge in [-0.15, -0.1) is 0 Å². The summed E-state index contributed by atoms with van der Waals surface area (Å²) in [7, 11) is 1.98. The van der Waals surface area contributed by atoms with Crippen LogP contribution in [0, 0.1) is 5.92 Å². The third-order valence-electron chi connectivity index (χ3n) is 6.67. The van der Waals surface area contributed by atoms with Gasteiger partial charge in [-0.3, -0.25) is 14.5 Å². The third kappa shape index (κ3) is 5.94. The lowest BCUT2D eigenvalue weighted by Gasteiger charge is -2.31. The van der Waals surface area contributed by atoms with Crippen molar-refractivity contribution < 1.29 is 14.7 Å². The molecule has 2 aromatic heterocycles. The van der Waals surface area contributed by atoms with E-state index in [1.807, 2.05) is 22.8 Å². The highest BCUT2D eigenvalue weighted by molar-refractivity contribution is 5.92. The van der Waals surface area contributed by atoms with Crippen molar-refractivity contribution in [3.05, 3.63) is 41.5 Å². The number of aromatic nitrogens is 4. The van der Waals surface area contributed by atoms with E-state index in [2.05, 4.69) is 25.2 Å². The van der Waals surface area contributed by atoms with Gasteiger partial charge in [0.15, 0.2) is 0 Å². The highest BCUT2D eigenvalue weighted by atomic mass is 16.3. The monoisotopic (exact) mass is 455 g/mol. The molecule has 1 atom stereocenters. The predicted octanol–water partition coefficient (Wildman–Crippen LogP) is 0.160. The van der Waals surface area contributed by atoms with Gasteiger partial charge in [-0.1, -0.05) is 0 Å². The van der Waals surface area contributed by atoms with Gasteiger partial charge in [0.25, 0.3) is 5.91 Å². The number of amides is 2. The van der Waals surface area contributed by atoms with Crippen LogP contribution >= 0.6 is 0 Å². The molecule has 0 saturated carbocycles. The minimum absolute atomic E-state index is 0.124. The van der Waals surface area contributed by atoms with Gasteiger partial charge < -0.3 is 19.9 Å². The van der Waals surface area contributed by atoms with E-state index in [9.17, 15) is 14.7 Å². The smallest absolute Gasteiger partial charge is 0.270 e. The number of imidazole rings is 1. The van der Waals surface area contributed by atoms with Gasteiger partial charge >= 0.3 is 0 Å². The second kappa shape index (κ2) is 10.4. The minimum atomic E-state index is -0.670. The van der Waals surface area contributed by atoms with Crippen molar-refractivity contribution in [3.63, 3.8) is 0 Å². The summed E-state index contributed by atoms with van der Waals surface area (Å²) in [6, 6.07) is 1.73. The first-order valence-electron chi connectivity index (χ1n) is 11.6. The van der Waals surface area contributed by atoms with Gasteiger partial charge in [0.2, 0.25) is 5.91 Å². The number of likely N-dealkylation sites (tertiary alicyclic amines) is 1. The van der Waals surface area contributed by atoms with Crippen LogP contribution in [-0.4, -0.2) is 85.1 Å². The summed E-state index contributed by atoms with van der Waals surface area (Å²) in [5.74, 6) is 0.257. The lowest BCUT2D eigenvalue weighted by molar-refractivity contribution is -0.130. The largest absolute Gasteiger partial charge is 0.390 e. The standard InChI is InChI=1S/C23H33N7O3/c1-16(31)30-7-3-17(4-8-30)9-18-10-21(26-14-25-18)23(33)24-11-19(32)12-29-6-5-20-22(13-29)28(2)15-27-20/h10,14-15,17,19,32H,3-9,11-13H2,1-2H3,(H,24,33)/t19-/m0/s1. The number of piperidine rings is 1. The molecule has 0 aromatic carbocycles. The summed E-state index contributed by atoms with van der Waals surface area (Å²) in [6.45, 7) is 5.39. The van der Waals surface area contributed by atoms with Crippen LogP contribution in [0.2, 0.25) is 0 Å². The molecule has 10 heteroatoms. The zero-order valence-electron chi connectivity index (χ0n) is 19.4. The number of aliphatic hydroxyl groups excluding tert-OH is 1. The Balaban J connectivity index is 1.23. The Hall–Kier alpha value is -2.85. The van der Waals surface area contributed by atoms with Crippen LogP contribution in [0.1, 0.15) is 47.3 Å². The zero-order chi connectivity index (χ0) is 23.4. The first-order chi connectivity index (χ1) is 15.9. The van der Waals surface area contributed by atoms with Gasteiger partial charge in [-0.05, 0) is 31.2 Å². The molecule has 0 unspecified atom stereocenters. The number of fused-ring (bicyclic) bond motifs is 1. The normalized spacial score (nSPS) is 18.1. The van der Waals surface area contributed by atoms with Crippen molar-refractivity contribution in [2.24, 2.45) is 13.0 Å². The second-order valence-corrected chi connectivity index (χ2v) is 9.15. The molecule has 4 heterocycles. The average Bonchev–Trinajstić information content (AvgIpc) is 3.18. The molecule has 4 rings (SSSR count). The van der Waals surface area contributed by atoms with Crippen LogP contribution in [0.15, 0.2) is 18.7 Å². The lowest BCUT2D eigenvalue weighted by Crippen LogP contribution is -2.42. The Morgan fingerprint density at radius 3 is 2.76 bits per heavy atom. The molecule has 33 heavy (non-hydrogen) atoms. The van der Waals surface area contributed by atoms with Crippen molar-refractivity contribution in [2.45, 2.75) is 45.3 Å². The molecule has 2 N–H and O–H groups in total. The van der Waals surface area contributed by atoms with E-state index in [0.29, 0.717) is 18.2 Å². The average molecular weight is 456 g/mol. The molecule has 0 aliphatic carbocycles. The Labute approximate surface area is 194 Å². The molecular formula is C23H33N7O3. The lowest BCUT2D eigenvalue weighted by atomic mass is 9.92. The van der Waals surface area contributed by atoms with Crippen LogP contribution in [0.4, 0.5) is 0 Å². The van der Waals surface area contributed by atoms with E-state index >= 15 is 0 Å². The number of nitrogens with zero attached hydrogens (tertiary/aromatic N) is 6. The number of β-amino-alcohol motifs (C(OH)–C–C–N with tert-alkyl or cyclic N) is 1. The van der Waals surface area contributed by atoms with E-state index in [-0.39, 0.29) is 18.4 Å². The molecule has 2 aliphatic rings. The number of nitrogens with one attached hydrogen (secondary N) is 1. The Morgan fingerprint density at radius 1 is 1.21 bits per heavy atom. The van der Waals surface area contributed by atoms with Crippen molar-refractivity contribution in [1.82, 2.24) is 34.6 Å². The summed E-state index contributed by atoms with van der Waals surface area (Å²) in [6.07, 6.45) is 6.09. The van der Waals surface area contributed by atoms with E-state index in [4.69, 9.17) is 0 Å². The summed E-state index contributed by atoms with van der Waals surface area (Å²) < 4.78 is 2.02. The van der Waals surface area contributed by atoms with Crippen molar-refractivity contribution in [1.29, 1.82) is 0 Å². The molecule has 10 nitrogen and oxygen atoms in total. The maximum Gasteiger partial charge on any atom is 0.270 e. The number of rotatable bonds is 7. The van der Waals surface area contributed by atoms with Crippen molar-refractivity contribution in [3.8, 4) is 0 Å². The highest BCUT2D eigenvalue weighted by Gasteiger charge is 2.23. The first kappa shape index (κ1) is 23.3. The summed E-state index contributed by atoms with van der Waals surface area (Å²) in [5.41, 5.74) is 3.45. The molecule has 2 aliphatic heterocycles. The molecule has 2 aromatic rings. The third-order valence-corrected chi connectivity index (χ3v) is 6.67. The molecular weight excluding hydrogens is 422 g/mol. The highest BCUT2D eigenvalue weighted by Crippen LogP contribution is 2.21. The molecule has 178 valence electrons. The molecule has 0 radical (unpaired) electrons. The van der Waals surface area contributed by atoms with Crippen molar-refractivity contribution in [2.75, 3.05) is 32.7 Å². The van der Waals surface area contributed by atoms with E-state index < -0.39 is 6.10 Å². The summed E-state index contributed by atoms with van der Waals surface area (Å²) in [5, 5.41) is 13.3. The van der Waals surface area contributed by atoms with Crippen LogP contribution < -0.4 is 5.32 Å². The molecule has 1 fully saturated rings. The fourth-order valence-corrected chi connectivity index (χ4v) is 4.67. The first-order valence-corrected chi connectivity index (χ1v) is 11.6. The van der Waals surface area contributed by atoms with Crippen LogP contribution in [0.25, 0.3) is 0 Å². The number of carbonyl (C=O) groups is 2. The number of aryl methyl sites for hydroxylation is 1. The quantitative estimate of drug-likeness (QED) is 0.611. The van der Waals surface area contributed by atoms with Gasteiger partial charge in [-0.25, -0.2) is 15.0 Å². The topological polar surface area (TPSA) is 116 Å². The zero-order valence-corrected chi connectivity index (χ0v) is 19.4. The minimum Gasteiger partial charge on any atom is -0.390 e. The maximum atomic E-state index is 12.6. The molecule has 2 amide bonds. The summed E-state index contributed by atoms with van der Waals surface area (Å²) >= 11 is 0. The predicted molar refractivity (Wildman–Crippen MR) is 121 cm³/mol. The van der Waals surface area contributed by atoms with Crippen LogP contribution in [0.3, 0.4) is 0 Å². The van der Waals surface area contributed by atoms with E-state index in [0.717, 1.165) is 63.3 Å². The van der Waals surface area contributed by atoms with Crippen LogP contribution in [-0.2, 0) is 31.2 Å². The van der Waals surface area contributed by atoms with Gasteiger partial charge in [-0.2, -0.15) is 0 Å². The second-order valence-electron chi connectivity index (χ2n) is 9.15. The summed E-state index contributed by atoms with van der Waals surface area (Å²) in [4.78, 5) is 41.0. The molecule has 1 saturated heterocycles. The fourth-order valence-electron chi connectivity index (χ4n) is 4.67. The Kier molecular flexibility index (Phi) is 7.34. The number of aliphatic hydroxyl groups is 1. The Morgan fingerprint density at radius 2 is 2.00 bits per heavy atom. The molecule has 0 spiro atoms. The van der Waals surface area contributed by atoms with Crippen molar-refractivity contribution >= 4 is 11.8 Å². The number of hydrogen-bond acceptors (Lipinski definition) is 7. The number of hydrogen-bond donors (Lipinski definition) is 2. The van der Waals surface area contributed by atoms with E-state index in [1.54, 1.807) is 13.0 Å². The van der Waals surface area contributed by atoms with E-state index in [1.165, 1.54) is 12.0 Å². The van der Waals surface area contributed by atoms with Gasteiger partial charge in [0.1, 0.15) is 12.0 Å².